The molecule has 0 atom stereocenters. The molecule has 0 amide bonds. The molecule has 17 heavy (non-hydrogen) atoms. The van der Waals surface area contributed by atoms with Gasteiger partial charge in [0.1, 0.15) is 5.82 Å². The molecule has 94 valence electrons. The summed E-state index contributed by atoms with van der Waals surface area (Å²) in [5.74, 6) is -0.536. The summed E-state index contributed by atoms with van der Waals surface area (Å²) in [6.07, 6.45) is 5.90. The number of halogens is 2. The molecule has 0 bridgehead atoms. The molecule has 0 aliphatic carbocycles. The summed E-state index contributed by atoms with van der Waals surface area (Å²) in [7, 11) is 0. The van der Waals surface area contributed by atoms with Crippen molar-refractivity contribution < 1.29 is 9.18 Å². The smallest absolute Gasteiger partial charge is 0.165 e. The Morgan fingerprint density at radius 2 is 1.94 bits per heavy atom. The highest BCUT2D eigenvalue weighted by Gasteiger charge is 2.12. The summed E-state index contributed by atoms with van der Waals surface area (Å²) in [5, 5.41) is 0. The zero-order chi connectivity index (χ0) is 12.7. The minimum atomic E-state index is -0.439. The van der Waals surface area contributed by atoms with Crippen LogP contribution < -0.4 is 0 Å². The van der Waals surface area contributed by atoms with Gasteiger partial charge in [-0.25, -0.2) is 4.39 Å². The van der Waals surface area contributed by atoms with Crippen molar-refractivity contribution >= 4 is 21.7 Å². The molecule has 1 aromatic rings. The van der Waals surface area contributed by atoms with Gasteiger partial charge in [-0.15, -0.1) is 0 Å². The monoisotopic (exact) mass is 300 g/mol. The van der Waals surface area contributed by atoms with Crippen molar-refractivity contribution in [1.82, 2.24) is 0 Å². The van der Waals surface area contributed by atoms with Crippen LogP contribution in [0.5, 0.6) is 0 Å². The van der Waals surface area contributed by atoms with Crippen molar-refractivity contribution in [3.8, 4) is 0 Å². The topological polar surface area (TPSA) is 17.1 Å². The third-order valence-electron chi connectivity index (χ3n) is 2.76. The molecule has 0 unspecified atom stereocenters. The number of carbonyl (C=O) groups is 1. The van der Waals surface area contributed by atoms with Gasteiger partial charge in [-0.3, -0.25) is 4.79 Å². The highest BCUT2D eigenvalue weighted by molar-refractivity contribution is 9.10. The molecular weight excluding hydrogens is 283 g/mol. The highest BCUT2D eigenvalue weighted by atomic mass is 79.9. The molecule has 0 spiro atoms. The second-order valence-electron chi connectivity index (χ2n) is 4.19. The van der Waals surface area contributed by atoms with E-state index in [1.165, 1.54) is 12.8 Å². The zero-order valence-corrected chi connectivity index (χ0v) is 11.7. The summed E-state index contributed by atoms with van der Waals surface area (Å²) < 4.78 is 14.0. The molecule has 0 saturated heterocycles. The molecule has 0 N–H and O–H groups in total. The van der Waals surface area contributed by atoms with Crippen LogP contribution in [0.4, 0.5) is 4.39 Å². The van der Waals surface area contributed by atoms with Crippen LogP contribution in [0.3, 0.4) is 0 Å². The van der Waals surface area contributed by atoms with Crippen molar-refractivity contribution in [3.05, 3.63) is 34.1 Å². The summed E-state index contributed by atoms with van der Waals surface area (Å²) in [4.78, 5) is 11.8. The molecule has 1 nitrogen and oxygen atoms in total. The molecular formula is C14H18BrFO. The van der Waals surface area contributed by atoms with Crippen LogP contribution in [0.25, 0.3) is 0 Å². The van der Waals surface area contributed by atoms with Crippen molar-refractivity contribution in [2.45, 2.75) is 45.4 Å². The van der Waals surface area contributed by atoms with Gasteiger partial charge in [0.2, 0.25) is 0 Å². The van der Waals surface area contributed by atoms with E-state index in [0.717, 1.165) is 19.3 Å². The average molecular weight is 301 g/mol. The Bertz CT molecular complexity index is 376. The number of hydrogen-bond donors (Lipinski definition) is 0. The van der Waals surface area contributed by atoms with Gasteiger partial charge < -0.3 is 0 Å². The quantitative estimate of drug-likeness (QED) is 0.504. The van der Waals surface area contributed by atoms with E-state index in [4.69, 9.17) is 0 Å². The fourth-order valence-electron chi connectivity index (χ4n) is 1.74. The Morgan fingerprint density at radius 3 is 2.65 bits per heavy atom. The maximum Gasteiger partial charge on any atom is 0.165 e. The van der Waals surface area contributed by atoms with E-state index in [9.17, 15) is 9.18 Å². The SMILES string of the molecule is CCCCCCCC(=O)c1cccc(Br)c1F. The number of carbonyl (C=O) groups excluding carboxylic acids is 1. The lowest BCUT2D eigenvalue weighted by Crippen LogP contribution is -2.02. The molecule has 0 fully saturated rings. The third kappa shape index (κ3) is 4.58. The Labute approximate surface area is 111 Å². The molecule has 0 heterocycles. The van der Waals surface area contributed by atoms with E-state index in [1.54, 1.807) is 18.2 Å². The van der Waals surface area contributed by atoms with Gasteiger partial charge >= 0.3 is 0 Å². The molecule has 0 radical (unpaired) electrons. The van der Waals surface area contributed by atoms with Gasteiger partial charge in [0.05, 0.1) is 10.0 Å². The summed E-state index contributed by atoms with van der Waals surface area (Å²) >= 11 is 3.09. The lowest BCUT2D eigenvalue weighted by atomic mass is 10.0. The lowest BCUT2D eigenvalue weighted by molar-refractivity contribution is 0.0975. The van der Waals surface area contributed by atoms with E-state index in [1.807, 2.05) is 0 Å². The Balaban J connectivity index is 2.44. The average Bonchev–Trinajstić information content (AvgIpc) is 2.32. The first-order chi connectivity index (χ1) is 8.16. The minimum Gasteiger partial charge on any atom is -0.294 e. The Morgan fingerprint density at radius 1 is 1.24 bits per heavy atom. The number of rotatable bonds is 7. The van der Waals surface area contributed by atoms with Crippen LogP contribution >= 0.6 is 15.9 Å². The van der Waals surface area contributed by atoms with Crippen molar-refractivity contribution in [2.24, 2.45) is 0 Å². The molecule has 1 aromatic carbocycles. The molecule has 0 aliphatic heterocycles. The molecule has 0 saturated carbocycles. The van der Waals surface area contributed by atoms with Gasteiger partial charge in [0.15, 0.2) is 5.78 Å². The Hall–Kier alpha value is -0.700. The van der Waals surface area contributed by atoms with Crippen molar-refractivity contribution in [2.75, 3.05) is 0 Å². The van der Waals surface area contributed by atoms with Gasteiger partial charge in [-0.2, -0.15) is 0 Å². The number of Topliss-reactive ketones (excluding diaryl/α,β-unsaturated/α-hetero) is 1. The Kier molecular flexibility index (Phi) is 6.41. The third-order valence-corrected chi connectivity index (χ3v) is 3.37. The second kappa shape index (κ2) is 7.59. The maximum atomic E-state index is 13.6. The van der Waals surface area contributed by atoms with Crippen LogP contribution in [0.15, 0.2) is 22.7 Å². The number of hydrogen-bond acceptors (Lipinski definition) is 1. The first-order valence-corrected chi connectivity index (χ1v) is 6.93. The second-order valence-corrected chi connectivity index (χ2v) is 5.04. The molecule has 1 rings (SSSR count). The van der Waals surface area contributed by atoms with Crippen molar-refractivity contribution in [1.29, 1.82) is 0 Å². The summed E-state index contributed by atoms with van der Waals surface area (Å²) in [6, 6.07) is 4.85. The van der Waals surface area contributed by atoms with E-state index in [-0.39, 0.29) is 11.3 Å². The van der Waals surface area contributed by atoms with Crippen LogP contribution in [0.1, 0.15) is 55.8 Å². The standard InChI is InChI=1S/C14H18BrFO/c1-2-3-4-5-6-10-13(17)11-8-7-9-12(15)14(11)16/h7-9H,2-6,10H2,1H3. The minimum absolute atomic E-state index is 0.0969. The normalized spacial score (nSPS) is 10.5. The first kappa shape index (κ1) is 14.4. The van der Waals surface area contributed by atoms with Crippen LogP contribution in [0.2, 0.25) is 0 Å². The van der Waals surface area contributed by atoms with Gasteiger partial charge in [-0.05, 0) is 34.5 Å². The van der Waals surface area contributed by atoms with E-state index in [0.29, 0.717) is 10.9 Å². The number of benzene rings is 1. The number of unbranched alkanes of at least 4 members (excludes halogenated alkanes) is 4. The lowest BCUT2D eigenvalue weighted by Gasteiger charge is -2.04. The largest absolute Gasteiger partial charge is 0.294 e. The van der Waals surface area contributed by atoms with Crippen LogP contribution in [-0.4, -0.2) is 5.78 Å². The van der Waals surface area contributed by atoms with E-state index < -0.39 is 5.82 Å². The van der Waals surface area contributed by atoms with E-state index in [2.05, 4.69) is 22.9 Å². The van der Waals surface area contributed by atoms with Crippen LogP contribution in [0, 0.1) is 5.82 Å². The molecule has 0 aromatic heterocycles. The molecule has 0 aliphatic rings. The van der Waals surface area contributed by atoms with Gasteiger partial charge in [0, 0.05) is 6.42 Å². The van der Waals surface area contributed by atoms with Gasteiger partial charge in [-0.1, -0.05) is 38.7 Å². The van der Waals surface area contributed by atoms with Gasteiger partial charge in [0.25, 0.3) is 0 Å². The summed E-state index contributed by atoms with van der Waals surface area (Å²) in [6.45, 7) is 2.15. The fourth-order valence-corrected chi connectivity index (χ4v) is 2.11. The first-order valence-electron chi connectivity index (χ1n) is 6.14. The molecule has 3 heteroatoms. The van der Waals surface area contributed by atoms with Crippen molar-refractivity contribution in [3.63, 3.8) is 0 Å². The predicted molar refractivity (Wildman–Crippen MR) is 71.8 cm³/mol. The predicted octanol–water partition coefficient (Wildman–Crippen LogP) is 5.13. The number of ketones is 1. The highest BCUT2D eigenvalue weighted by Crippen LogP contribution is 2.20. The summed E-state index contributed by atoms with van der Waals surface area (Å²) in [5.41, 5.74) is 0.204. The zero-order valence-electron chi connectivity index (χ0n) is 10.1. The maximum absolute atomic E-state index is 13.6. The fraction of sp³-hybridized carbons (Fsp3) is 0.500. The van der Waals surface area contributed by atoms with E-state index >= 15 is 0 Å². The van der Waals surface area contributed by atoms with Crippen LogP contribution in [-0.2, 0) is 0 Å².